The van der Waals surface area contributed by atoms with E-state index in [1.807, 2.05) is 6.92 Å². The summed E-state index contributed by atoms with van der Waals surface area (Å²) >= 11 is 0. The van der Waals surface area contributed by atoms with Gasteiger partial charge in [0.2, 0.25) is 0 Å². The van der Waals surface area contributed by atoms with E-state index in [0.717, 1.165) is 39.4 Å². The fourth-order valence-electron chi connectivity index (χ4n) is 3.53. The van der Waals surface area contributed by atoms with Gasteiger partial charge in [0.15, 0.2) is 0 Å². The van der Waals surface area contributed by atoms with E-state index in [1.165, 1.54) is 45.1 Å². The van der Waals surface area contributed by atoms with E-state index in [0.29, 0.717) is 6.04 Å². The van der Waals surface area contributed by atoms with Crippen molar-refractivity contribution in [2.45, 2.75) is 57.6 Å². The molecule has 1 saturated heterocycles. The van der Waals surface area contributed by atoms with E-state index in [9.17, 15) is 5.11 Å². The molecule has 1 aliphatic carbocycles. The molecule has 2 fully saturated rings. The van der Waals surface area contributed by atoms with Crippen LogP contribution in [0.1, 0.15) is 45.4 Å². The van der Waals surface area contributed by atoms with E-state index >= 15 is 0 Å². The number of hydrogen-bond acceptors (Lipinski definition) is 4. The van der Waals surface area contributed by atoms with Crippen molar-refractivity contribution < 1.29 is 9.84 Å². The summed E-state index contributed by atoms with van der Waals surface area (Å²) in [6.45, 7) is 9.00. The normalized spacial score (nSPS) is 24.1. The third-order valence-electron chi connectivity index (χ3n) is 4.61. The molecule has 0 bridgehead atoms. The zero-order valence-electron chi connectivity index (χ0n) is 13.1. The second kappa shape index (κ2) is 8.98. The van der Waals surface area contributed by atoms with Crippen molar-refractivity contribution in [3.63, 3.8) is 0 Å². The molecule has 1 atom stereocenters. The third-order valence-corrected chi connectivity index (χ3v) is 4.61. The van der Waals surface area contributed by atoms with Crippen LogP contribution in [-0.4, -0.2) is 73.0 Å². The van der Waals surface area contributed by atoms with Crippen LogP contribution in [0.15, 0.2) is 0 Å². The molecule has 4 heteroatoms. The lowest BCUT2D eigenvalue weighted by Gasteiger charge is -2.36. The van der Waals surface area contributed by atoms with Gasteiger partial charge in [0, 0.05) is 25.7 Å². The highest BCUT2D eigenvalue weighted by Gasteiger charge is 2.22. The molecule has 0 amide bonds. The summed E-state index contributed by atoms with van der Waals surface area (Å²) in [6.07, 6.45) is 7.78. The summed E-state index contributed by atoms with van der Waals surface area (Å²) in [5.74, 6) is 0. The largest absolute Gasteiger partial charge is 0.392 e. The maximum absolute atomic E-state index is 9.73. The van der Waals surface area contributed by atoms with Crippen LogP contribution in [0.5, 0.6) is 0 Å². The Kier molecular flexibility index (Phi) is 7.28. The number of hydrogen-bond donors (Lipinski definition) is 1. The number of morpholine rings is 1. The van der Waals surface area contributed by atoms with Crippen LogP contribution in [0.2, 0.25) is 0 Å². The van der Waals surface area contributed by atoms with Crippen LogP contribution >= 0.6 is 0 Å². The first kappa shape index (κ1) is 16.2. The Morgan fingerprint density at radius 2 is 1.90 bits per heavy atom. The molecule has 1 saturated carbocycles. The van der Waals surface area contributed by atoms with E-state index in [1.54, 1.807) is 0 Å². The first-order chi connectivity index (χ1) is 9.75. The molecule has 20 heavy (non-hydrogen) atoms. The predicted octanol–water partition coefficient (Wildman–Crippen LogP) is 1.72. The van der Waals surface area contributed by atoms with Crippen LogP contribution in [-0.2, 0) is 4.74 Å². The summed E-state index contributed by atoms with van der Waals surface area (Å²) in [5.41, 5.74) is 0. The lowest BCUT2D eigenvalue weighted by Crippen LogP contribution is -2.43. The van der Waals surface area contributed by atoms with Crippen molar-refractivity contribution in [3.8, 4) is 0 Å². The Balaban J connectivity index is 1.71. The van der Waals surface area contributed by atoms with Gasteiger partial charge in [0.05, 0.1) is 19.3 Å². The third kappa shape index (κ3) is 5.68. The highest BCUT2D eigenvalue weighted by atomic mass is 16.5. The quantitative estimate of drug-likeness (QED) is 0.772. The Labute approximate surface area is 124 Å². The maximum Gasteiger partial charge on any atom is 0.0639 e. The summed E-state index contributed by atoms with van der Waals surface area (Å²) in [6, 6.07) is 0.711. The van der Waals surface area contributed by atoms with Crippen molar-refractivity contribution in [1.29, 1.82) is 0 Å². The maximum atomic E-state index is 9.73. The molecule has 0 aromatic rings. The molecule has 118 valence electrons. The van der Waals surface area contributed by atoms with Gasteiger partial charge in [-0.05, 0) is 39.3 Å². The van der Waals surface area contributed by atoms with Gasteiger partial charge in [0.25, 0.3) is 0 Å². The molecule has 1 unspecified atom stereocenters. The van der Waals surface area contributed by atoms with Crippen LogP contribution in [0, 0.1) is 0 Å². The van der Waals surface area contributed by atoms with Gasteiger partial charge in [-0.2, -0.15) is 0 Å². The Morgan fingerprint density at radius 3 is 2.55 bits per heavy atom. The average Bonchev–Trinajstić information content (AvgIpc) is 2.48. The minimum atomic E-state index is -0.208. The first-order valence-electron chi connectivity index (χ1n) is 8.48. The second-order valence-corrected chi connectivity index (χ2v) is 6.44. The van der Waals surface area contributed by atoms with Gasteiger partial charge in [0.1, 0.15) is 0 Å². The predicted molar refractivity (Wildman–Crippen MR) is 82.0 cm³/mol. The van der Waals surface area contributed by atoms with E-state index < -0.39 is 0 Å². The molecule has 2 aliphatic rings. The molecule has 1 aliphatic heterocycles. The van der Waals surface area contributed by atoms with E-state index in [4.69, 9.17) is 4.74 Å². The van der Waals surface area contributed by atoms with E-state index in [2.05, 4.69) is 9.80 Å². The number of nitrogens with zero attached hydrogens (tertiary/aromatic N) is 2. The Morgan fingerprint density at radius 1 is 1.20 bits per heavy atom. The summed E-state index contributed by atoms with van der Waals surface area (Å²) in [5, 5.41) is 9.73. The zero-order chi connectivity index (χ0) is 14.2. The number of rotatable bonds is 7. The fraction of sp³-hybridized carbons (Fsp3) is 1.00. The van der Waals surface area contributed by atoms with Gasteiger partial charge in [-0.3, -0.25) is 9.80 Å². The number of ether oxygens (including phenoxy) is 1. The van der Waals surface area contributed by atoms with Crippen molar-refractivity contribution in [1.82, 2.24) is 9.80 Å². The van der Waals surface area contributed by atoms with Gasteiger partial charge in [-0.1, -0.05) is 19.3 Å². The highest BCUT2D eigenvalue weighted by Crippen LogP contribution is 2.23. The molecule has 0 aromatic heterocycles. The zero-order valence-corrected chi connectivity index (χ0v) is 13.1. The minimum absolute atomic E-state index is 0.208. The second-order valence-electron chi connectivity index (χ2n) is 6.44. The van der Waals surface area contributed by atoms with Crippen molar-refractivity contribution >= 4 is 0 Å². The molecule has 1 heterocycles. The molecular formula is C16H32N2O2. The first-order valence-corrected chi connectivity index (χ1v) is 8.48. The Hall–Kier alpha value is -0.160. The topological polar surface area (TPSA) is 35.9 Å². The van der Waals surface area contributed by atoms with Gasteiger partial charge < -0.3 is 9.84 Å². The minimum Gasteiger partial charge on any atom is -0.392 e. The highest BCUT2D eigenvalue weighted by molar-refractivity contribution is 4.77. The fourth-order valence-corrected chi connectivity index (χ4v) is 3.53. The molecule has 0 radical (unpaired) electrons. The standard InChI is InChI=1S/C16H32N2O2/c1-15(19)14-18(16-6-3-2-4-7-16)9-5-8-17-10-12-20-13-11-17/h15-16,19H,2-14H2,1H3. The molecule has 4 nitrogen and oxygen atoms in total. The lowest BCUT2D eigenvalue weighted by atomic mass is 9.94. The Bertz CT molecular complexity index is 249. The van der Waals surface area contributed by atoms with Crippen molar-refractivity contribution in [2.75, 3.05) is 45.9 Å². The lowest BCUT2D eigenvalue weighted by molar-refractivity contribution is 0.0326. The van der Waals surface area contributed by atoms with Crippen LogP contribution < -0.4 is 0 Å². The number of aliphatic hydroxyl groups is 1. The summed E-state index contributed by atoms with van der Waals surface area (Å²) < 4.78 is 5.39. The summed E-state index contributed by atoms with van der Waals surface area (Å²) in [4.78, 5) is 5.05. The molecule has 0 aromatic carbocycles. The van der Waals surface area contributed by atoms with Crippen LogP contribution in [0.25, 0.3) is 0 Å². The van der Waals surface area contributed by atoms with Crippen LogP contribution in [0.4, 0.5) is 0 Å². The monoisotopic (exact) mass is 284 g/mol. The molecule has 2 rings (SSSR count). The number of aliphatic hydroxyl groups excluding tert-OH is 1. The van der Waals surface area contributed by atoms with Gasteiger partial charge >= 0.3 is 0 Å². The molecular weight excluding hydrogens is 252 g/mol. The van der Waals surface area contributed by atoms with Crippen LogP contribution in [0.3, 0.4) is 0 Å². The van der Waals surface area contributed by atoms with E-state index in [-0.39, 0.29) is 6.10 Å². The SMILES string of the molecule is CC(O)CN(CCCN1CCOCC1)C1CCCCC1. The van der Waals surface area contributed by atoms with Gasteiger partial charge in [-0.25, -0.2) is 0 Å². The van der Waals surface area contributed by atoms with Gasteiger partial charge in [-0.15, -0.1) is 0 Å². The van der Waals surface area contributed by atoms with Crippen molar-refractivity contribution in [3.05, 3.63) is 0 Å². The summed E-state index contributed by atoms with van der Waals surface area (Å²) in [7, 11) is 0. The molecule has 0 spiro atoms. The smallest absolute Gasteiger partial charge is 0.0639 e. The molecule has 1 N–H and O–H groups in total. The van der Waals surface area contributed by atoms with Crippen molar-refractivity contribution in [2.24, 2.45) is 0 Å². The average molecular weight is 284 g/mol.